The Morgan fingerprint density at radius 3 is 2.41 bits per heavy atom. The van der Waals surface area contributed by atoms with Crippen LogP contribution in [0.15, 0.2) is 59.1 Å². The van der Waals surface area contributed by atoms with Crippen LogP contribution in [-0.4, -0.2) is 23.1 Å². The first-order valence-electron chi connectivity index (χ1n) is 9.65. The summed E-state index contributed by atoms with van der Waals surface area (Å²) in [5.41, 5.74) is 3.89. The standard InChI is InChI=1S/C22H22N4O3/c1-2-14-3-5-15(6-4-14)19-13-20(29-26-19)25-21(27)16-7-9-17(10-8-16)23-22(28)24-18-11-12-18/h3-10,13,18H,2,11-12H2,1H3,(H,25,27)(H2,23,24,28). The summed E-state index contributed by atoms with van der Waals surface area (Å²) in [7, 11) is 0. The first-order chi connectivity index (χ1) is 14.1. The number of nitrogens with zero attached hydrogens (tertiary/aromatic N) is 1. The molecule has 4 rings (SSSR count). The first kappa shape index (κ1) is 18.7. The highest BCUT2D eigenvalue weighted by Crippen LogP contribution is 2.23. The molecule has 0 unspecified atom stereocenters. The van der Waals surface area contributed by atoms with Gasteiger partial charge in [0, 0.05) is 28.9 Å². The maximum atomic E-state index is 12.4. The van der Waals surface area contributed by atoms with Crippen molar-refractivity contribution < 1.29 is 14.1 Å². The molecule has 7 nitrogen and oxygen atoms in total. The maximum absolute atomic E-state index is 12.4. The van der Waals surface area contributed by atoms with Crippen molar-refractivity contribution in [2.24, 2.45) is 0 Å². The van der Waals surface area contributed by atoms with E-state index >= 15 is 0 Å². The predicted octanol–water partition coefficient (Wildman–Crippen LogP) is 4.44. The van der Waals surface area contributed by atoms with Gasteiger partial charge in [-0.15, -0.1) is 0 Å². The fourth-order valence-corrected chi connectivity index (χ4v) is 2.85. The van der Waals surface area contributed by atoms with Crippen molar-refractivity contribution in [1.82, 2.24) is 10.5 Å². The summed E-state index contributed by atoms with van der Waals surface area (Å²) < 4.78 is 5.24. The molecule has 3 aromatic rings. The molecule has 7 heteroatoms. The van der Waals surface area contributed by atoms with Gasteiger partial charge in [-0.05, 0) is 49.1 Å². The Bertz CT molecular complexity index is 1010. The van der Waals surface area contributed by atoms with E-state index in [1.165, 1.54) is 5.56 Å². The van der Waals surface area contributed by atoms with Crippen LogP contribution in [0.25, 0.3) is 11.3 Å². The normalized spacial score (nSPS) is 13.0. The highest BCUT2D eigenvalue weighted by atomic mass is 16.5. The van der Waals surface area contributed by atoms with Crippen LogP contribution < -0.4 is 16.0 Å². The lowest BCUT2D eigenvalue weighted by molar-refractivity contribution is 0.102. The second-order valence-corrected chi connectivity index (χ2v) is 7.03. The molecule has 0 spiro atoms. The fraction of sp³-hybridized carbons (Fsp3) is 0.227. The van der Waals surface area contributed by atoms with Crippen LogP contribution >= 0.6 is 0 Å². The molecule has 0 radical (unpaired) electrons. The van der Waals surface area contributed by atoms with Crippen molar-refractivity contribution in [3.63, 3.8) is 0 Å². The van der Waals surface area contributed by atoms with Gasteiger partial charge in [-0.3, -0.25) is 10.1 Å². The third-order valence-corrected chi connectivity index (χ3v) is 4.72. The molecule has 0 saturated heterocycles. The highest BCUT2D eigenvalue weighted by Gasteiger charge is 2.23. The lowest BCUT2D eigenvalue weighted by Gasteiger charge is -2.07. The van der Waals surface area contributed by atoms with Crippen LogP contribution in [0, 0.1) is 0 Å². The predicted molar refractivity (Wildman–Crippen MR) is 111 cm³/mol. The lowest BCUT2D eigenvalue weighted by Crippen LogP contribution is -2.30. The first-order valence-corrected chi connectivity index (χ1v) is 9.65. The van der Waals surface area contributed by atoms with Crippen molar-refractivity contribution in [3.05, 3.63) is 65.7 Å². The molecular weight excluding hydrogens is 368 g/mol. The van der Waals surface area contributed by atoms with E-state index in [9.17, 15) is 9.59 Å². The monoisotopic (exact) mass is 390 g/mol. The van der Waals surface area contributed by atoms with Crippen LogP contribution in [0.5, 0.6) is 0 Å². The van der Waals surface area contributed by atoms with Gasteiger partial charge in [0.25, 0.3) is 5.91 Å². The highest BCUT2D eigenvalue weighted by molar-refractivity contribution is 6.04. The van der Waals surface area contributed by atoms with Crippen molar-refractivity contribution in [2.45, 2.75) is 32.2 Å². The van der Waals surface area contributed by atoms with Gasteiger partial charge >= 0.3 is 6.03 Å². The zero-order valence-electron chi connectivity index (χ0n) is 16.1. The summed E-state index contributed by atoms with van der Waals surface area (Å²) in [4.78, 5) is 24.2. The van der Waals surface area contributed by atoms with E-state index in [0.717, 1.165) is 24.8 Å². The van der Waals surface area contributed by atoms with Crippen molar-refractivity contribution >= 4 is 23.5 Å². The number of benzene rings is 2. The number of hydrogen-bond acceptors (Lipinski definition) is 4. The zero-order chi connectivity index (χ0) is 20.2. The topological polar surface area (TPSA) is 96.3 Å². The van der Waals surface area contributed by atoms with Gasteiger partial charge in [0.05, 0.1) is 0 Å². The molecule has 148 valence electrons. The SMILES string of the molecule is CCc1ccc(-c2cc(NC(=O)c3ccc(NC(=O)NC4CC4)cc3)on2)cc1. The van der Waals surface area contributed by atoms with Crippen molar-refractivity contribution in [1.29, 1.82) is 0 Å². The Morgan fingerprint density at radius 2 is 1.76 bits per heavy atom. The van der Waals surface area contributed by atoms with Crippen LogP contribution in [0.4, 0.5) is 16.4 Å². The summed E-state index contributed by atoms with van der Waals surface area (Å²) in [6, 6.07) is 16.4. The minimum absolute atomic E-state index is 0.231. The number of rotatable bonds is 6. The quantitative estimate of drug-likeness (QED) is 0.580. The number of urea groups is 1. The molecule has 2 aromatic carbocycles. The van der Waals surface area contributed by atoms with E-state index in [-0.39, 0.29) is 23.9 Å². The average Bonchev–Trinajstić information content (AvgIpc) is 3.43. The number of aromatic nitrogens is 1. The Kier molecular flexibility index (Phi) is 5.29. The van der Waals surface area contributed by atoms with Gasteiger partial charge in [0.2, 0.25) is 5.88 Å². The molecule has 1 heterocycles. The van der Waals surface area contributed by atoms with Crippen LogP contribution in [0.2, 0.25) is 0 Å². The van der Waals surface area contributed by atoms with Crippen LogP contribution in [-0.2, 0) is 6.42 Å². The number of aryl methyl sites for hydroxylation is 1. The van der Waals surface area contributed by atoms with Gasteiger partial charge in [-0.1, -0.05) is 36.3 Å². The molecule has 1 aromatic heterocycles. The largest absolute Gasteiger partial charge is 0.338 e. The summed E-state index contributed by atoms with van der Waals surface area (Å²) in [5.74, 6) is -0.0430. The van der Waals surface area contributed by atoms with Crippen molar-refractivity contribution in [3.8, 4) is 11.3 Å². The zero-order valence-corrected chi connectivity index (χ0v) is 16.1. The maximum Gasteiger partial charge on any atom is 0.319 e. The Morgan fingerprint density at radius 1 is 1.03 bits per heavy atom. The molecule has 3 amide bonds. The number of amides is 3. The van der Waals surface area contributed by atoms with E-state index in [2.05, 4.69) is 28.0 Å². The van der Waals surface area contributed by atoms with Gasteiger partial charge in [0.15, 0.2) is 0 Å². The smallest absolute Gasteiger partial charge is 0.319 e. The van der Waals surface area contributed by atoms with Gasteiger partial charge in [-0.25, -0.2) is 4.79 Å². The van der Waals surface area contributed by atoms with E-state index in [0.29, 0.717) is 16.9 Å². The molecule has 1 aliphatic carbocycles. The summed E-state index contributed by atoms with van der Waals surface area (Å²) in [5, 5.41) is 12.3. The molecule has 0 atom stereocenters. The van der Waals surface area contributed by atoms with Gasteiger partial charge < -0.3 is 15.2 Å². The number of carbonyl (C=O) groups is 2. The number of hydrogen-bond donors (Lipinski definition) is 3. The Labute approximate surface area is 168 Å². The fourth-order valence-electron chi connectivity index (χ4n) is 2.85. The molecule has 1 saturated carbocycles. The molecular formula is C22H22N4O3. The molecule has 1 fully saturated rings. The van der Waals surface area contributed by atoms with Crippen molar-refractivity contribution in [2.75, 3.05) is 10.6 Å². The average molecular weight is 390 g/mol. The molecule has 3 N–H and O–H groups in total. The van der Waals surface area contributed by atoms with E-state index < -0.39 is 0 Å². The lowest BCUT2D eigenvalue weighted by atomic mass is 10.1. The van der Waals surface area contributed by atoms with E-state index in [1.54, 1.807) is 30.3 Å². The summed E-state index contributed by atoms with van der Waals surface area (Å²) >= 11 is 0. The minimum Gasteiger partial charge on any atom is -0.338 e. The van der Waals surface area contributed by atoms with Gasteiger partial charge in [0.1, 0.15) is 5.69 Å². The van der Waals surface area contributed by atoms with E-state index in [1.807, 2.05) is 24.3 Å². The number of nitrogens with one attached hydrogen (secondary N) is 3. The van der Waals surface area contributed by atoms with Gasteiger partial charge in [-0.2, -0.15) is 0 Å². The van der Waals surface area contributed by atoms with Crippen LogP contribution in [0.3, 0.4) is 0 Å². The van der Waals surface area contributed by atoms with E-state index in [4.69, 9.17) is 4.52 Å². The Balaban J connectivity index is 1.36. The third-order valence-electron chi connectivity index (χ3n) is 4.72. The number of carbonyl (C=O) groups excluding carboxylic acids is 2. The molecule has 1 aliphatic rings. The molecule has 0 bridgehead atoms. The minimum atomic E-state index is -0.317. The molecule has 29 heavy (non-hydrogen) atoms. The Hall–Kier alpha value is -3.61. The summed E-state index contributed by atoms with van der Waals surface area (Å²) in [6.07, 6.45) is 3.03. The van der Waals surface area contributed by atoms with Crippen LogP contribution in [0.1, 0.15) is 35.7 Å². The molecule has 0 aliphatic heterocycles. The second kappa shape index (κ2) is 8.18. The summed E-state index contributed by atoms with van der Waals surface area (Å²) in [6.45, 7) is 2.10. The third kappa shape index (κ3) is 4.82. The second-order valence-electron chi connectivity index (χ2n) is 7.03. The number of anilines is 2.